The van der Waals surface area contributed by atoms with E-state index in [2.05, 4.69) is 20.9 Å². The second kappa shape index (κ2) is 12.6. The van der Waals surface area contributed by atoms with Crippen LogP contribution in [0.3, 0.4) is 0 Å². The van der Waals surface area contributed by atoms with Crippen LogP contribution in [0.5, 0.6) is 5.75 Å². The molecule has 0 radical (unpaired) electrons. The summed E-state index contributed by atoms with van der Waals surface area (Å²) < 4.78 is 25.4. The molecule has 3 aromatic heterocycles. The molecule has 14 heteroatoms. The zero-order valence-corrected chi connectivity index (χ0v) is 27.7. The Bertz CT molecular complexity index is 2490. The smallest absolute Gasteiger partial charge is 0.336 e. The summed E-state index contributed by atoms with van der Waals surface area (Å²) in [7, 11) is 3.07. The molecule has 1 aliphatic carbocycles. The number of anilines is 3. The number of amides is 1. The molecule has 1 aliphatic rings. The van der Waals surface area contributed by atoms with Crippen LogP contribution in [0.1, 0.15) is 30.0 Å². The highest BCUT2D eigenvalue weighted by Gasteiger charge is 2.31. The van der Waals surface area contributed by atoms with Crippen molar-refractivity contribution in [2.75, 3.05) is 17.7 Å². The number of methoxy groups -OCH3 is 1. The molecule has 50 heavy (non-hydrogen) atoms. The minimum absolute atomic E-state index is 0.0535. The average Bonchev–Trinajstić information content (AvgIpc) is 3.83. The lowest BCUT2D eigenvalue weighted by atomic mass is 10.1. The van der Waals surface area contributed by atoms with Crippen molar-refractivity contribution in [2.45, 2.75) is 39.3 Å². The highest BCUT2D eigenvalue weighted by molar-refractivity contribution is 5.94. The molecule has 3 heterocycles. The van der Waals surface area contributed by atoms with E-state index >= 15 is 4.39 Å². The summed E-state index contributed by atoms with van der Waals surface area (Å²) >= 11 is 0. The zero-order valence-electron chi connectivity index (χ0n) is 27.7. The van der Waals surface area contributed by atoms with E-state index in [4.69, 9.17) is 4.74 Å². The number of benzene rings is 3. The molecule has 3 aromatic carbocycles. The summed E-state index contributed by atoms with van der Waals surface area (Å²) in [5.74, 6) is -0.201. The average molecular weight is 677 g/mol. The molecule has 13 nitrogen and oxygen atoms in total. The van der Waals surface area contributed by atoms with Gasteiger partial charge in [-0.25, -0.2) is 13.9 Å². The number of carbonyl (C=O) groups excluding carboxylic acids is 1. The molecule has 0 unspecified atom stereocenters. The standard InChI is InChI=1S/C36H33FN8O5/c1-20-8-15-28(27(37)16-20)39-33-31-32(21(2)34(47)42(33)3)44(36(49)45(35(31)48)24-11-12-24)25-7-5-6-23(17-25)38-30(46)19-43-18-29(40-41-43)22-9-13-26(50-4)14-10-22/h5-10,13-18,24,39H,11-12,19H2,1-4H3,(H,38,46). The fourth-order valence-corrected chi connectivity index (χ4v) is 6.04. The predicted molar refractivity (Wildman–Crippen MR) is 187 cm³/mol. The molecule has 1 saturated carbocycles. The lowest BCUT2D eigenvalue weighted by Crippen LogP contribution is -2.41. The Morgan fingerprint density at radius 2 is 1.76 bits per heavy atom. The third-order valence-electron chi connectivity index (χ3n) is 8.75. The number of pyridine rings is 1. The summed E-state index contributed by atoms with van der Waals surface area (Å²) in [6.45, 7) is 3.16. The van der Waals surface area contributed by atoms with Crippen LogP contribution < -0.4 is 32.2 Å². The summed E-state index contributed by atoms with van der Waals surface area (Å²) in [6, 6.07) is 18.1. The van der Waals surface area contributed by atoms with E-state index < -0.39 is 28.5 Å². The minimum atomic E-state index is -0.619. The fraction of sp³-hybridized carbons (Fsp3) is 0.222. The summed E-state index contributed by atoms with van der Waals surface area (Å²) in [6.07, 6.45) is 2.93. The highest BCUT2D eigenvalue weighted by Crippen LogP contribution is 2.34. The van der Waals surface area contributed by atoms with Crippen molar-refractivity contribution in [3.8, 4) is 22.7 Å². The van der Waals surface area contributed by atoms with Gasteiger partial charge in [-0.05, 0) is 86.8 Å². The van der Waals surface area contributed by atoms with Crippen molar-refractivity contribution in [1.82, 2.24) is 28.7 Å². The Morgan fingerprint density at radius 1 is 1.00 bits per heavy atom. The Balaban J connectivity index is 1.27. The van der Waals surface area contributed by atoms with E-state index in [1.165, 1.54) is 37.6 Å². The Labute approximate surface area is 284 Å². The molecule has 7 rings (SSSR count). The van der Waals surface area contributed by atoms with E-state index in [1.54, 1.807) is 69.6 Å². The van der Waals surface area contributed by atoms with E-state index in [0.717, 1.165) is 5.56 Å². The molecule has 0 bridgehead atoms. The van der Waals surface area contributed by atoms with Crippen molar-refractivity contribution in [1.29, 1.82) is 0 Å². The van der Waals surface area contributed by atoms with Gasteiger partial charge in [-0.3, -0.25) is 28.1 Å². The largest absolute Gasteiger partial charge is 0.497 e. The van der Waals surface area contributed by atoms with Gasteiger partial charge in [0.15, 0.2) is 0 Å². The molecule has 0 aliphatic heterocycles. The van der Waals surface area contributed by atoms with Crippen molar-refractivity contribution >= 4 is 34.0 Å². The second-order valence-corrected chi connectivity index (χ2v) is 12.3. The molecule has 1 amide bonds. The first-order valence-electron chi connectivity index (χ1n) is 15.9. The normalized spacial score (nSPS) is 12.7. The molecule has 0 atom stereocenters. The van der Waals surface area contributed by atoms with Gasteiger partial charge in [0, 0.05) is 29.9 Å². The number of rotatable bonds is 9. The first-order chi connectivity index (χ1) is 24.0. The Kier molecular flexibility index (Phi) is 8.14. The molecular weight excluding hydrogens is 643 g/mol. The second-order valence-electron chi connectivity index (χ2n) is 12.3. The number of aromatic nitrogens is 6. The van der Waals surface area contributed by atoms with Crippen LogP contribution in [0.15, 0.2) is 87.3 Å². The molecule has 1 fully saturated rings. The first-order valence-corrected chi connectivity index (χ1v) is 15.9. The number of halogens is 1. The summed E-state index contributed by atoms with van der Waals surface area (Å²) in [5, 5.41) is 14.1. The number of aryl methyl sites for hydroxylation is 2. The quantitative estimate of drug-likeness (QED) is 0.226. The minimum Gasteiger partial charge on any atom is -0.497 e. The number of carbonyl (C=O) groups is 1. The number of ether oxygens (including phenoxy) is 1. The number of hydrogen-bond acceptors (Lipinski definition) is 8. The third-order valence-corrected chi connectivity index (χ3v) is 8.75. The maximum Gasteiger partial charge on any atom is 0.336 e. The first kappa shape index (κ1) is 32.2. The fourth-order valence-electron chi connectivity index (χ4n) is 6.04. The van der Waals surface area contributed by atoms with Gasteiger partial charge in [-0.1, -0.05) is 17.3 Å². The van der Waals surface area contributed by atoms with Gasteiger partial charge in [-0.2, -0.15) is 0 Å². The van der Waals surface area contributed by atoms with E-state index in [1.807, 2.05) is 12.1 Å². The molecular formula is C36H33FN8O5. The van der Waals surface area contributed by atoms with Crippen molar-refractivity contribution < 1.29 is 13.9 Å². The Morgan fingerprint density at radius 3 is 2.46 bits per heavy atom. The molecule has 2 N–H and O–H groups in total. The number of nitrogens with one attached hydrogen (secondary N) is 2. The van der Waals surface area contributed by atoms with Gasteiger partial charge in [0.1, 0.15) is 35.0 Å². The maximum absolute atomic E-state index is 15.0. The molecule has 0 saturated heterocycles. The predicted octanol–water partition coefficient (Wildman–Crippen LogP) is 4.59. The summed E-state index contributed by atoms with van der Waals surface area (Å²) in [4.78, 5) is 55.0. The SMILES string of the molecule is COc1ccc(-c2cn(CC(=O)Nc3cccc(-n4c(=O)n(C5CC5)c(=O)c5c(Nc6ccc(C)cc6F)n(C)c(=O)c(C)c54)c3)nn2)cc1. The van der Waals surface area contributed by atoms with Gasteiger partial charge < -0.3 is 15.4 Å². The highest BCUT2D eigenvalue weighted by atomic mass is 19.1. The van der Waals surface area contributed by atoms with E-state index in [-0.39, 0.29) is 40.6 Å². The van der Waals surface area contributed by atoms with Crippen LogP contribution >= 0.6 is 0 Å². The monoisotopic (exact) mass is 676 g/mol. The lowest BCUT2D eigenvalue weighted by Gasteiger charge is -2.21. The van der Waals surface area contributed by atoms with Crippen LogP contribution in [-0.2, 0) is 18.4 Å². The summed E-state index contributed by atoms with van der Waals surface area (Å²) in [5.41, 5.74) is 1.42. The number of fused-ring (bicyclic) bond motifs is 1. The van der Waals surface area contributed by atoms with Gasteiger partial charge in [0.25, 0.3) is 11.1 Å². The van der Waals surface area contributed by atoms with Crippen molar-refractivity contribution in [2.24, 2.45) is 7.05 Å². The molecule has 254 valence electrons. The number of hydrogen-bond donors (Lipinski definition) is 2. The van der Waals surface area contributed by atoms with E-state index in [9.17, 15) is 19.2 Å². The van der Waals surface area contributed by atoms with Gasteiger partial charge in [-0.15, -0.1) is 5.10 Å². The van der Waals surface area contributed by atoms with Crippen LogP contribution in [0.2, 0.25) is 0 Å². The third kappa shape index (κ3) is 5.84. The van der Waals surface area contributed by atoms with Crippen molar-refractivity contribution in [3.05, 3.63) is 121 Å². The number of nitrogens with zero attached hydrogens (tertiary/aromatic N) is 6. The van der Waals surface area contributed by atoms with E-state index in [0.29, 0.717) is 41.2 Å². The molecule has 6 aromatic rings. The Hall–Kier alpha value is -6.31. The van der Waals surface area contributed by atoms with Crippen LogP contribution in [0.4, 0.5) is 21.6 Å². The lowest BCUT2D eigenvalue weighted by molar-refractivity contribution is -0.116. The topological polar surface area (TPSA) is 147 Å². The maximum atomic E-state index is 15.0. The van der Waals surface area contributed by atoms with Crippen LogP contribution in [0.25, 0.3) is 27.8 Å². The van der Waals surface area contributed by atoms with Gasteiger partial charge in [0.2, 0.25) is 5.91 Å². The van der Waals surface area contributed by atoms with Crippen LogP contribution in [-0.4, -0.2) is 41.7 Å². The van der Waals surface area contributed by atoms with Crippen molar-refractivity contribution in [3.63, 3.8) is 0 Å². The molecule has 0 spiro atoms. The van der Waals surface area contributed by atoms with Gasteiger partial charge >= 0.3 is 5.69 Å². The van der Waals surface area contributed by atoms with Gasteiger partial charge in [0.05, 0.1) is 30.2 Å². The van der Waals surface area contributed by atoms with Crippen LogP contribution in [0, 0.1) is 19.7 Å². The zero-order chi connectivity index (χ0) is 35.3.